The van der Waals surface area contributed by atoms with Crippen molar-refractivity contribution in [3.8, 4) is 11.5 Å². The van der Waals surface area contributed by atoms with Gasteiger partial charge in [-0.1, -0.05) is 20.8 Å². The Bertz CT molecular complexity index is 1200. The maximum Gasteiger partial charge on any atom is 0.254 e. The van der Waals surface area contributed by atoms with Crippen molar-refractivity contribution >= 4 is 23.2 Å². The molecule has 37 heavy (non-hydrogen) atoms. The summed E-state index contributed by atoms with van der Waals surface area (Å²) in [7, 11) is 3.24. The molecule has 0 saturated heterocycles. The second-order valence-corrected chi connectivity index (χ2v) is 10.1. The summed E-state index contributed by atoms with van der Waals surface area (Å²) in [4.78, 5) is 30.0. The summed E-state index contributed by atoms with van der Waals surface area (Å²) in [6.07, 6.45) is 0. The summed E-state index contributed by atoms with van der Waals surface area (Å²) < 4.78 is 11.5. The predicted molar refractivity (Wildman–Crippen MR) is 148 cm³/mol. The highest BCUT2D eigenvalue weighted by atomic mass is 16.5. The molecule has 3 rings (SSSR count). The van der Waals surface area contributed by atoms with Crippen LogP contribution in [0.2, 0.25) is 0 Å². The van der Waals surface area contributed by atoms with Gasteiger partial charge in [0.05, 0.1) is 31.5 Å². The van der Waals surface area contributed by atoms with Gasteiger partial charge < -0.3 is 24.6 Å². The fourth-order valence-electron chi connectivity index (χ4n) is 4.76. The number of rotatable bonds is 10. The number of benzene rings is 2. The van der Waals surface area contributed by atoms with E-state index in [2.05, 4.69) is 44.8 Å². The van der Waals surface area contributed by atoms with Crippen molar-refractivity contribution in [2.45, 2.75) is 53.5 Å². The summed E-state index contributed by atoms with van der Waals surface area (Å²) in [6, 6.07) is 7.34. The van der Waals surface area contributed by atoms with E-state index in [-0.39, 0.29) is 29.5 Å². The van der Waals surface area contributed by atoms with Crippen LogP contribution in [0, 0.1) is 5.41 Å². The first-order valence-electron chi connectivity index (χ1n) is 12.9. The van der Waals surface area contributed by atoms with E-state index in [9.17, 15) is 9.59 Å². The smallest absolute Gasteiger partial charge is 0.254 e. The van der Waals surface area contributed by atoms with E-state index in [1.54, 1.807) is 25.1 Å². The van der Waals surface area contributed by atoms with Gasteiger partial charge in [0.1, 0.15) is 17.3 Å². The SMILES string of the molecule is CCOc1cc2c(cc1C(=O)NC)C(=N)N(CC(=O)c1cc(N(CC)CC)c(OC)c(C(C)(C)C)c1)C2. The van der Waals surface area contributed by atoms with Gasteiger partial charge in [0.25, 0.3) is 5.91 Å². The van der Waals surface area contributed by atoms with E-state index >= 15 is 0 Å². The molecule has 1 heterocycles. The zero-order valence-electron chi connectivity index (χ0n) is 23.4. The molecular weight excluding hydrogens is 468 g/mol. The molecule has 0 aromatic heterocycles. The summed E-state index contributed by atoms with van der Waals surface area (Å²) in [5.41, 5.74) is 4.13. The number of anilines is 1. The third kappa shape index (κ3) is 5.58. The maximum absolute atomic E-state index is 13.6. The van der Waals surface area contributed by atoms with Crippen molar-refractivity contribution in [3.05, 3.63) is 52.1 Å². The van der Waals surface area contributed by atoms with E-state index < -0.39 is 0 Å². The Balaban J connectivity index is 1.98. The molecule has 0 spiro atoms. The van der Waals surface area contributed by atoms with Gasteiger partial charge in [0.15, 0.2) is 5.78 Å². The topological polar surface area (TPSA) is 95.0 Å². The fourth-order valence-corrected chi connectivity index (χ4v) is 4.76. The maximum atomic E-state index is 13.6. The number of amidine groups is 1. The van der Waals surface area contributed by atoms with Gasteiger partial charge in [-0.05, 0) is 56.0 Å². The first-order valence-corrected chi connectivity index (χ1v) is 12.9. The molecule has 2 aromatic carbocycles. The van der Waals surface area contributed by atoms with Crippen LogP contribution in [-0.2, 0) is 12.0 Å². The molecule has 0 radical (unpaired) electrons. The van der Waals surface area contributed by atoms with Crippen LogP contribution in [0.1, 0.15) is 78.9 Å². The minimum Gasteiger partial charge on any atom is -0.494 e. The van der Waals surface area contributed by atoms with E-state index in [1.165, 1.54) is 0 Å². The number of hydrogen-bond acceptors (Lipinski definition) is 6. The van der Waals surface area contributed by atoms with Gasteiger partial charge in [-0.15, -0.1) is 0 Å². The average Bonchev–Trinajstić information content (AvgIpc) is 3.16. The number of hydrogen-bond donors (Lipinski definition) is 2. The highest BCUT2D eigenvalue weighted by molar-refractivity contribution is 6.08. The van der Waals surface area contributed by atoms with Gasteiger partial charge in [-0.25, -0.2) is 0 Å². The number of amides is 1. The Morgan fingerprint density at radius 1 is 1.11 bits per heavy atom. The molecule has 1 amide bonds. The van der Waals surface area contributed by atoms with Crippen LogP contribution < -0.4 is 19.7 Å². The molecule has 200 valence electrons. The second kappa shape index (κ2) is 11.2. The number of carbonyl (C=O) groups is 2. The van der Waals surface area contributed by atoms with Crippen molar-refractivity contribution in [1.29, 1.82) is 5.41 Å². The number of fused-ring (bicyclic) bond motifs is 1. The molecule has 0 saturated carbocycles. The van der Waals surface area contributed by atoms with Crippen molar-refractivity contribution in [2.75, 3.05) is 45.3 Å². The lowest BCUT2D eigenvalue weighted by molar-refractivity contribution is 0.0953. The lowest BCUT2D eigenvalue weighted by Gasteiger charge is -2.30. The molecule has 8 nitrogen and oxygen atoms in total. The molecule has 0 bridgehead atoms. The quantitative estimate of drug-likeness (QED) is 0.455. The Morgan fingerprint density at radius 3 is 2.32 bits per heavy atom. The predicted octanol–water partition coefficient (Wildman–Crippen LogP) is 4.62. The van der Waals surface area contributed by atoms with Gasteiger partial charge in [-0.3, -0.25) is 15.0 Å². The zero-order valence-corrected chi connectivity index (χ0v) is 23.4. The normalized spacial score (nSPS) is 12.9. The first kappa shape index (κ1) is 28.0. The van der Waals surface area contributed by atoms with Gasteiger partial charge in [-0.2, -0.15) is 0 Å². The number of Topliss-reactive ketones (excluding diaryl/α,β-unsaturated/α-hetero) is 1. The lowest BCUT2D eigenvalue weighted by atomic mass is 9.84. The van der Waals surface area contributed by atoms with Gasteiger partial charge >= 0.3 is 0 Å². The van der Waals surface area contributed by atoms with Crippen LogP contribution in [0.15, 0.2) is 24.3 Å². The third-order valence-corrected chi connectivity index (χ3v) is 6.75. The van der Waals surface area contributed by atoms with E-state index in [1.807, 2.05) is 25.1 Å². The highest BCUT2D eigenvalue weighted by Gasteiger charge is 2.31. The van der Waals surface area contributed by atoms with Crippen LogP contribution in [-0.4, -0.2) is 62.8 Å². The van der Waals surface area contributed by atoms with E-state index in [0.29, 0.717) is 35.6 Å². The largest absolute Gasteiger partial charge is 0.494 e. The molecular formula is C29H40N4O4. The molecule has 0 aliphatic carbocycles. The molecule has 0 atom stereocenters. The monoisotopic (exact) mass is 508 g/mol. The average molecular weight is 509 g/mol. The van der Waals surface area contributed by atoms with Crippen molar-refractivity contribution in [1.82, 2.24) is 10.2 Å². The summed E-state index contributed by atoms with van der Waals surface area (Å²) in [6.45, 7) is 14.8. The number of ether oxygens (including phenoxy) is 2. The molecule has 1 aliphatic heterocycles. The number of nitrogens with one attached hydrogen (secondary N) is 2. The van der Waals surface area contributed by atoms with E-state index in [0.717, 1.165) is 35.7 Å². The van der Waals surface area contributed by atoms with Crippen LogP contribution >= 0.6 is 0 Å². The van der Waals surface area contributed by atoms with Crippen LogP contribution in [0.4, 0.5) is 5.69 Å². The number of ketones is 1. The molecule has 8 heteroatoms. The minimum atomic E-state index is -0.273. The molecule has 1 aliphatic rings. The summed E-state index contributed by atoms with van der Waals surface area (Å²) in [5.74, 6) is 1.15. The highest BCUT2D eigenvalue weighted by Crippen LogP contribution is 2.40. The Hall–Kier alpha value is -3.55. The Kier molecular flexibility index (Phi) is 8.51. The second-order valence-electron chi connectivity index (χ2n) is 10.1. The standard InChI is InChI=1S/C29H40N4O4/c1-9-32(10-2)23-13-18(12-22(26(23)36-8)29(4,5)6)24(34)17-33-16-19-14-25(37-11-3)21(28(35)31-7)15-20(19)27(33)30/h12-15,30H,9-11,16-17H2,1-8H3,(H,31,35). The number of methoxy groups -OCH3 is 1. The molecule has 0 fully saturated rings. The van der Waals surface area contributed by atoms with E-state index in [4.69, 9.17) is 14.9 Å². The lowest BCUT2D eigenvalue weighted by Crippen LogP contribution is -2.31. The molecule has 2 aromatic rings. The van der Waals surface area contributed by atoms with Crippen LogP contribution in [0.3, 0.4) is 0 Å². The van der Waals surface area contributed by atoms with Crippen LogP contribution in [0.5, 0.6) is 11.5 Å². The van der Waals surface area contributed by atoms with Crippen LogP contribution in [0.25, 0.3) is 0 Å². The first-order chi connectivity index (χ1) is 17.5. The summed E-state index contributed by atoms with van der Waals surface area (Å²) in [5, 5.41) is 11.4. The van der Waals surface area contributed by atoms with Gasteiger partial charge in [0, 0.05) is 43.4 Å². The number of carbonyl (C=O) groups excluding carboxylic acids is 2. The Morgan fingerprint density at radius 2 is 1.78 bits per heavy atom. The van der Waals surface area contributed by atoms with Crippen molar-refractivity contribution < 1.29 is 19.1 Å². The minimum absolute atomic E-state index is 0.0559. The number of nitrogens with zero attached hydrogens (tertiary/aromatic N) is 2. The third-order valence-electron chi connectivity index (χ3n) is 6.75. The van der Waals surface area contributed by atoms with Crippen molar-refractivity contribution in [2.24, 2.45) is 0 Å². The van der Waals surface area contributed by atoms with Crippen molar-refractivity contribution in [3.63, 3.8) is 0 Å². The van der Waals surface area contributed by atoms with Gasteiger partial charge in [0.2, 0.25) is 0 Å². The summed E-state index contributed by atoms with van der Waals surface area (Å²) >= 11 is 0. The molecule has 0 unspecified atom stereocenters. The Labute approximate surface area is 220 Å². The zero-order chi connectivity index (χ0) is 27.5. The fraction of sp³-hybridized carbons (Fsp3) is 0.483. The molecule has 2 N–H and O–H groups in total.